The molecule has 1 aliphatic carbocycles. The van der Waals surface area contributed by atoms with Crippen LogP contribution in [0.1, 0.15) is 32.7 Å². The van der Waals surface area contributed by atoms with E-state index in [4.69, 9.17) is 21.1 Å². The Morgan fingerprint density at radius 2 is 1.86 bits per heavy atom. The zero-order valence-electron chi connectivity index (χ0n) is 11.3. The van der Waals surface area contributed by atoms with Gasteiger partial charge in [-0.3, -0.25) is 0 Å². The van der Waals surface area contributed by atoms with Crippen LogP contribution in [0, 0.1) is 0 Å². The number of rotatable bonds is 2. The summed E-state index contributed by atoms with van der Waals surface area (Å²) in [7, 11) is 0. The van der Waals surface area contributed by atoms with Gasteiger partial charge >= 0.3 is 0 Å². The summed E-state index contributed by atoms with van der Waals surface area (Å²) in [4.78, 5) is 2.73. The van der Waals surface area contributed by atoms with Gasteiger partial charge in [-0.15, -0.1) is 22.9 Å². The summed E-state index contributed by atoms with van der Waals surface area (Å²) in [6.45, 7) is 1.19. The van der Waals surface area contributed by atoms with Gasteiger partial charge in [0.15, 0.2) is 11.5 Å². The largest absolute Gasteiger partial charge is 0.486 e. The topological polar surface area (TPSA) is 18.5 Å². The Morgan fingerprint density at radius 3 is 2.62 bits per heavy atom. The molecule has 0 spiro atoms. The van der Waals surface area contributed by atoms with Crippen molar-refractivity contribution in [3.63, 3.8) is 0 Å². The second-order valence-electron chi connectivity index (χ2n) is 5.33. The molecule has 1 aromatic heterocycles. The van der Waals surface area contributed by atoms with Crippen molar-refractivity contribution in [2.24, 2.45) is 0 Å². The second-order valence-corrected chi connectivity index (χ2v) is 7.79. The molecular weight excluding hydrogens is 372 g/mol. The first kappa shape index (κ1) is 13.9. The number of hydrogen-bond donors (Lipinski definition) is 0. The molecule has 2 aromatic rings. The number of fused-ring (bicyclic) bond motifs is 2. The Kier molecular flexibility index (Phi) is 3.64. The lowest BCUT2D eigenvalue weighted by atomic mass is 10.1. The fraction of sp³-hybridized carbons (Fsp3) is 0.375. The first-order valence-corrected chi connectivity index (χ1v) is 9.11. The molecule has 0 saturated carbocycles. The molecule has 4 rings (SSSR count). The van der Waals surface area contributed by atoms with Crippen LogP contribution < -0.4 is 9.47 Å². The van der Waals surface area contributed by atoms with Crippen molar-refractivity contribution in [3.8, 4) is 11.5 Å². The number of benzene rings is 1. The average Bonchev–Trinajstić information content (AvgIpc) is 3.07. The van der Waals surface area contributed by atoms with Crippen molar-refractivity contribution in [1.82, 2.24) is 0 Å². The zero-order chi connectivity index (χ0) is 14.4. The molecule has 0 N–H and O–H groups in total. The van der Waals surface area contributed by atoms with E-state index >= 15 is 0 Å². The third-order valence-corrected chi connectivity index (χ3v) is 6.54. The molecule has 1 aliphatic heterocycles. The van der Waals surface area contributed by atoms with Gasteiger partial charge in [0.2, 0.25) is 0 Å². The highest BCUT2D eigenvalue weighted by Gasteiger charge is 2.24. The molecule has 1 unspecified atom stereocenters. The van der Waals surface area contributed by atoms with Gasteiger partial charge in [-0.2, -0.15) is 0 Å². The molecule has 2 aliphatic rings. The first-order valence-electron chi connectivity index (χ1n) is 7.07. The predicted octanol–water partition coefficient (Wildman–Crippen LogP) is 5.10. The number of ether oxygens (including phenoxy) is 2. The van der Waals surface area contributed by atoms with E-state index in [0.717, 1.165) is 21.5 Å². The summed E-state index contributed by atoms with van der Waals surface area (Å²) in [5, 5.41) is -0.147. The van der Waals surface area contributed by atoms with Crippen LogP contribution >= 0.6 is 38.9 Å². The van der Waals surface area contributed by atoms with Crippen LogP contribution in [-0.4, -0.2) is 13.2 Å². The van der Waals surface area contributed by atoms with Gasteiger partial charge in [0.25, 0.3) is 0 Å². The van der Waals surface area contributed by atoms with E-state index in [0.29, 0.717) is 13.2 Å². The van der Waals surface area contributed by atoms with E-state index in [1.165, 1.54) is 34.6 Å². The van der Waals surface area contributed by atoms with Gasteiger partial charge in [-0.1, -0.05) is 15.9 Å². The van der Waals surface area contributed by atoms with Crippen LogP contribution in [0.2, 0.25) is 0 Å². The van der Waals surface area contributed by atoms with Crippen molar-refractivity contribution in [2.75, 3.05) is 13.2 Å². The highest BCUT2D eigenvalue weighted by atomic mass is 79.9. The zero-order valence-corrected chi connectivity index (χ0v) is 14.5. The molecule has 110 valence electrons. The maximum Gasteiger partial charge on any atom is 0.162 e. The number of alkyl halides is 1. The standard InChI is InChI=1S/C16H14BrClO2S/c17-11-8-13-12(19-4-5-20-13)7-10(11)16(18)15-6-9-2-1-3-14(9)21-15/h6-8,16H,1-5H2. The van der Waals surface area contributed by atoms with Crippen LogP contribution in [0.4, 0.5) is 0 Å². The number of halogens is 2. The quantitative estimate of drug-likeness (QED) is 0.670. The van der Waals surface area contributed by atoms with Crippen molar-refractivity contribution in [2.45, 2.75) is 24.6 Å². The Morgan fingerprint density at radius 1 is 1.10 bits per heavy atom. The molecular formula is C16H14BrClO2S. The van der Waals surface area contributed by atoms with E-state index in [-0.39, 0.29) is 5.38 Å². The van der Waals surface area contributed by atoms with Gasteiger partial charge in [-0.25, -0.2) is 0 Å². The second kappa shape index (κ2) is 5.49. The molecule has 5 heteroatoms. The SMILES string of the molecule is ClC(c1cc2c(s1)CCC2)c1cc2c(cc1Br)OCCO2. The molecule has 1 atom stereocenters. The van der Waals surface area contributed by atoms with E-state index in [1.54, 1.807) is 0 Å². The van der Waals surface area contributed by atoms with Crippen molar-refractivity contribution in [3.05, 3.63) is 43.6 Å². The minimum absolute atomic E-state index is 0.147. The minimum atomic E-state index is -0.147. The third kappa shape index (κ3) is 2.47. The smallest absolute Gasteiger partial charge is 0.162 e. The summed E-state index contributed by atoms with van der Waals surface area (Å²) >= 11 is 12.2. The van der Waals surface area contributed by atoms with E-state index in [2.05, 4.69) is 22.0 Å². The number of thiophene rings is 1. The van der Waals surface area contributed by atoms with Gasteiger partial charge in [0.05, 0.1) is 5.38 Å². The highest BCUT2D eigenvalue weighted by molar-refractivity contribution is 9.10. The van der Waals surface area contributed by atoms with Gasteiger partial charge in [0, 0.05) is 14.2 Å². The Bertz CT molecular complexity index is 676. The minimum Gasteiger partial charge on any atom is -0.486 e. The summed E-state index contributed by atoms with van der Waals surface area (Å²) in [6, 6.07) is 6.23. The lowest BCUT2D eigenvalue weighted by Crippen LogP contribution is -2.15. The Labute approximate surface area is 141 Å². The fourth-order valence-corrected chi connectivity index (χ4v) is 5.22. The monoisotopic (exact) mass is 384 g/mol. The first-order chi connectivity index (χ1) is 10.2. The maximum absolute atomic E-state index is 6.73. The van der Waals surface area contributed by atoms with E-state index in [1.807, 2.05) is 23.5 Å². The van der Waals surface area contributed by atoms with Crippen LogP contribution in [0.3, 0.4) is 0 Å². The molecule has 0 radical (unpaired) electrons. The van der Waals surface area contributed by atoms with Crippen molar-refractivity contribution < 1.29 is 9.47 Å². The van der Waals surface area contributed by atoms with Gasteiger partial charge in [-0.05, 0) is 48.6 Å². The highest BCUT2D eigenvalue weighted by Crippen LogP contribution is 2.44. The van der Waals surface area contributed by atoms with Crippen LogP contribution in [-0.2, 0) is 12.8 Å². The molecule has 2 heterocycles. The predicted molar refractivity (Wildman–Crippen MR) is 89.2 cm³/mol. The molecule has 0 saturated heterocycles. The lowest BCUT2D eigenvalue weighted by molar-refractivity contribution is 0.171. The number of aryl methyl sites for hydroxylation is 2. The van der Waals surface area contributed by atoms with E-state index < -0.39 is 0 Å². The van der Waals surface area contributed by atoms with Crippen LogP contribution in [0.5, 0.6) is 11.5 Å². The fourth-order valence-electron chi connectivity index (χ4n) is 2.90. The van der Waals surface area contributed by atoms with Crippen LogP contribution in [0.15, 0.2) is 22.7 Å². The van der Waals surface area contributed by atoms with Crippen LogP contribution in [0.25, 0.3) is 0 Å². The number of hydrogen-bond acceptors (Lipinski definition) is 3. The average molecular weight is 386 g/mol. The molecule has 0 fully saturated rings. The van der Waals surface area contributed by atoms with Gasteiger partial charge in [0.1, 0.15) is 13.2 Å². The summed E-state index contributed by atoms with van der Waals surface area (Å²) in [6.07, 6.45) is 3.67. The lowest BCUT2D eigenvalue weighted by Gasteiger charge is -2.21. The molecule has 0 amide bonds. The Balaban J connectivity index is 1.71. The van der Waals surface area contributed by atoms with Crippen molar-refractivity contribution >= 4 is 38.9 Å². The molecule has 1 aromatic carbocycles. The normalized spacial score (nSPS) is 17.6. The van der Waals surface area contributed by atoms with Crippen molar-refractivity contribution in [1.29, 1.82) is 0 Å². The van der Waals surface area contributed by atoms with E-state index in [9.17, 15) is 0 Å². The molecule has 0 bridgehead atoms. The maximum atomic E-state index is 6.73. The molecule has 21 heavy (non-hydrogen) atoms. The van der Waals surface area contributed by atoms with Gasteiger partial charge < -0.3 is 9.47 Å². The summed E-state index contributed by atoms with van der Waals surface area (Å²) < 4.78 is 12.2. The third-order valence-electron chi connectivity index (χ3n) is 3.95. The Hall–Kier alpha value is -0.710. The summed E-state index contributed by atoms with van der Waals surface area (Å²) in [5.41, 5.74) is 2.52. The summed E-state index contributed by atoms with van der Waals surface area (Å²) in [5.74, 6) is 1.57. The molecule has 2 nitrogen and oxygen atoms in total.